The Balaban J connectivity index is 5.12. The van der Waals surface area contributed by atoms with Gasteiger partial charge in [-0.2, -0.15) is 0 Å². The Kier molecular flexibility index (Phi) is 14.9. The summed E-state index contributed by atoms with van der Waals surface area (Å²) in [6.07, 6.45) is -0.684. The van der Waals surface area contributed by atoms with E-state index in [2.05, 4.69) is 10.6 Å². The first-order valence-electron chi connectivity index (χ1n) is 10.5. The lowest BCUT2D eigenvalue weighted by atomic mass is 10.1. The van der Waals surface area contributed by atoms with Gasteiger partial charge in [-0.1, -0.05) is 0 Å². The molecule has 0 aliphatic carbocycles. The molecule has 32 heavy (non-hydrogen) atoms. The number of carbonyl (C=O) groups excluding carboxylic acids is 6. The van der Waals surface area contributed by atoms with E-state index in [1.165, 1.54) is 0 Å². The van der Waals surface area contributed by atoms with Crippen LogP contribution in [0.5, 0.6) is 0 Å². The third-order valence-corrected chi connectivity index (χ3v) is 3.84. The summed E-state index contributed by atoms with van der Waals surface area (Å²) in [7, 11) is 0. The van der Waals surface area contributed by atoms with Gasteiger partial charge < -0.3 is 29.6 Å². The van der Waals surface area contributed by atoms with Crippen molar-refractivity contribution in [1.29, 1.82) is 0 Å². The van der Waals surface area contributed by atoms with Crippen LogP contribution in [-0.4, -0.2) is 74.2 Å². The molecule has 0 saturated heterocycles. The van der Waals surface area contributed by atoms with E-state index in [1.54, 1.807) is 27.7 Å². The van der Waals surface area contributed by atoms with Gasteiger partial charge in [0, 0.05) is 12.8 Å². The minimum Gasteiger partial charge on any atom is -0.466 e. The second-order valence-electron chi connectivity index (χ2n) is 6.24. The molecule has 182 valence electrons. The molecule has 2 amide bonds. The third kappa shape index (κ3) is 11.9. The van der Waals surface area contributed by atoms with Crippen LogP contribution in [0.1, 0.15) is 53.4 Å². The molecular formula is C20H32N2O10. The zero-order chi connectivity index (χ0) is 24.5. The second kappa shape index (κ2) is 16.5. The van der Waals surface area contributed by atoms with Crippen molar-refractivity contribution in [2.75, 3.05) is 26.4 Å². The van der Waals surface area contributed by atoms with Crippen molar-refractivity contribution in [2.45, 2.75) is 65.5 Å². The maximum absolute atomic E-state index is 12.3. The van der Waals surface area contributed by atoms with Gasteiger partial charge in [0.15, 0.2) is 0 Å². The smallest absolute Gasteiger partial charge is 0.328 e. The number of hydrogen-bond donors (Lipinski definition) is 2. The van der Waals surface area contributed by atoms with Crippen molar-refractivity contribution < 1.29 is 47.7 Å². The predicted octanol–water partition coefficient (Wildman–Crippen LogP) is -0.231. The standard InChI is InChI=1S/C20H32N2O10/c1-5-29-15(23)11-9-13(19(27)31-7-3)21-17(25)18(26)22-14(20(28)32-8-4)10-12-16(24)30-6-2/h13-14H,5-12H2,1-4H3,(H,21,25)(H,22,26)/t13-,14-/m0/s1. The van der Waals surface area contributed by atoms with Crippen LogP contribution in [0, 0.1) is 0 Å². The summed E-state index contributed by atoms with van der Waals surface area (Å²) < 4.78 is 19.3. The number of esters is 4. The molecule has 0 aromatic rings. The molecule has 2 N–H and O–H groups in total. The highest BCUT2D eigenvalue weighted by molar-refractivity contribution is 6.35. The van der Waals surface area contributed by atoms with E-state index in [1.807, 2.05) is 0 Å². The number of nitrogens with one attached hydrogen (secondary N) is 2. The second-order valence-corrected chi connectivity index (χ2v) is 6.24. The van der Waals surface area contributed by atoms with Crippen LogP contribution in [0.25, 0.3) is 0 Å². The summed E-state index contributed by atoms with van der Waals surface area (Å²) in [6, 6.07) is -2.56. The molecule has 0 saturated carbocycles. The molecule has 0 aliphatic heterocycles. The number of amides is 2. The first-order valence-corrected chi connectivity index (χ1v) is 10.5. The van der Waals surface area contributed by atoms with Crippen LogP contribution in [0.4, 0.5) is 0 Å². The zero-order valence-corrected chi connectivity index (χ0v) is 18.9. The Hall–Kier alpha value is -3.18. The van der Waals surface area contributed by atoms with Crippen LogP contribution >= 0.6 is 0 Å². The van der Waals surface area contributed by atoms with E-state index in [-0.39, 0.29) is 52.1 Å². The minimum atomic E-state index is -1.28. The summed E-state index contributed by atoms with van der Waals surface area (Å²) >= 11 is 0. The van der Waals surface area contributed by atoms with Crippen LogP contribution in [-0.2, 0) is 47.7 Å². The van der Waals surface area contributed by atoms with E-state index in [0.29, 0.717) is 0 Å². The van der Waals surface area contributed by atoms with Crippen molar-refractivity contribution >= 4 is 35.7 Å². The Morgan fingerprint density at radius 1 is 0.562 bits per heavy atom. The first-order chi connectivity index (χ1) is 15.2. The van der Waals surface area contributed by atoms with E-state index >= 15 is 0 Å². The monoisotopic (exact) mass is 460 g/mol. The molecule has 2 atom stereocenters. The zero-order valence-electron chi connectivity index (χ0n) is 18.9. The maximum Gasteiger partial charge on any atom is 0.328 e. The Morgan fingerprint density at radius 3 is 1.16 bits per heavy atom. The fourth-order valence-corrected chi connectivity index (χ4v) is 2.42. The summed E-state index contributed by atoms with van der Waals surface area (Å²) in [4.78, 5) is 71.9. The topological polar surface area (TPSA) is 163 Å². The minimum absolute atomic E-state index is 0.0234. The Morgan fingerprint density at radius 2 is 0.875 bits per heavy atom. The van der Waals surface area contributed by atoms with E-state index < -0.39 is 47.8 Å². The highest BCUT2D eigenvalue weighted by atomic mass is 16.5. The summed E-state index contributed by atoms with van der Waals surface area (Å²) in [5, 5.41) is 4.37. The van der Waals surface area contributed by atoms with Crippen molar-refractivity contribution in [3.63, 3.8) is 0 Å². The van der Waals surface area contributed by atoms with Crippen molar-refractivity contribution in [2.24, 2.45) is 0 Å². The fourth-order valence-electron chi connectivity index (χ4n) is 2.42. The van der Waals surface area contributed by atoms with Crippen molar-refractivity contribution in [3.05, 3.63) is 0 Å². The fraction of sp³-hybridized carbons (Fsp3) is 0.700. The van der Waals surface area contributed by atoms with Gasteiger partial charge in [-0.3, -0.25) is 19.2 Å². The molecular weight excluding hydrogens is 428 g/mol. The number of hydrogen-bond acceptors (Lipinski definition) is 10. The largest absolute Gasteiger partial charge is 0.466 e. The molecule has 0 fully saturated rings. The summed E-state index contributed by atoms with van der Waals surface area (Å²) in [6.45, 7) is 6.71. The molecule has 12 heteroatoms. The molecule has 0 aromatic heterocycles. The van der Waals surface area contributed by atoms with Gasteiger partial charge in [-0.25, -0.2) is 9.59 Å². The summed E-state index contributed by atoms with van der Waals surface area (Å²) in [5.41, 5.74) is 0. The normalized spacial score (nSPS) is 12.0. The maximum atomic E-state index is 12.3. The highest BCUT2D eigenvalue weighted by Gasteiger charge is 2.30. The van der Waals surface area contributed by atoms with Gasteiger partial charge in [-0.15, -0.1) is 0 Å². The first kappa shape index (κ1) is 28.8. The molecule has 0 aliphatic rings. The third-order valence-electron chi connectivity index (χ3n) is 3.84. The summed E-state index contributed by atoms with van der Waals surface area (Å²) in [5.74, 6) is -5.28. The number of rotatable bonds is 14. The highest BCUT2D eigenvalue weighted by Crippen LogP contribution is 2.05. The Labute approximate surface area is 186 Å². The van der Waals surface area contributed by atoms with Crippen LogP contribution < -0.4 is 10.6 Å². The SMILES string of the molecule is CCOC(=O)CC[C@H](NC(=O)C(=O)N[C@@H](CCC(=O)OCC)C(=O)OCC)C(=O)OCC. The molecule has 0 heterocycles. The van der Waals surface area contributed by atoms with Gasteiger partial charge >= 0.3 is 35.7 Å². The van der Waals surface area contributed by atoms with E-state index in [9.17, 15) is 28.8 Å². The average Bonchev–Trinajstić information content (AvgIpc) is 2.74. The molecule has 0 radical (unpaired) electrons. The number of carbonyl (C=O) groups is 6. The van der Waals surface area contributed by atoms with Gasteiger partial charge in [0.1, 0.15) is 12.1 Å². The molecule has 0 spiro atoms. The molecule has 0 bridgehead atoms. The van der Waals surface area contributed by atoms with Gasteiger partial charge in [0.05, 0.1) is 26.4 Å². The number of ether oxygens (including phenoxy) is 4. The van der Waals surface area contributed by atoms with Crippen LogP contribution in [0.15, 0.2) is 0 Å². The van der Waals surface area contributed by atoms with Gasteiger partial charge in [-0.05, 0) is 40.5 Å². The molecule has 0 rings (SSSR count). The molecule has 12 nitrogen and oxygen atoms in total. The lowest BCUT2D eigenvalue weighted by Crippen LogP contribution is -2.52. The molecule has 0 unspecified atom stereocenters. The quantitative estimate of drug-likeness (QED) is 0.201. The van der Waals surface area contributed by atoms with Crippen molar-refractivity contribution in [1.82, 2.24) is 10.6 Å². The Bertz CT molecular complexity index is 609. The van der Waals surface area contributed by atoms with Crippen LogP contribution in [0.3, 0.4) is 0 Å². The predicted molar refractivity (Wildman–Crippen MR) is 109 cm³/mol. The lowest BCUT2D eigenvalue weighted by Gasteiger charge is -2.19. The van der Waals surface area contributed by atoms with E-state index in [0.717, 1.165) is 0 Å². The van der Waals surface area contributed by atoms with Crippen LogP contribution in [0.2, 0.25) is 0 Å². The van der Waals surface area contributed by atoms with Crippen molar-refractivity contribution in [3.8, 4) is 0 Å². The average molecular weight is 460 g/mol. The van der Waals surface area contributed by atoms with Gasteiger partial charge in [0.2, 0.25) is 0 Å². The molecule has 0 aromatic carbocycles. The lowest BCUT2D eigenvalue weighted by molar-refractivity contribution is -0.152. The van der Waals surface area contributed by atoms with E-state index in [4.69, 9.17) is 18.9 Å². The van der Waals surface area contributed by atoms with Gasteiger partial charge in [0.25, 0.3) is 0 Å².